The quantitative estimate of drug-likeness (QED) is 0.898. The van der Waals surface area contributed by atoms with E-state index in [1.807, 2.05) is 6.07 Å². The Morgan fingerprint density at radius 1 is 1.10 bits per heavy atom. The van der Waals surface area contributed by atoms with Crippen LogP contribution in [0.25, 0.3) is 0 Å². The maximum absolute atomic E-state index is 11.3. The Labute approximate surface area is 126 Å². The summed E-state index contributed by atoms with van der Waals surface area (Å²) in [6, 6.07) is 13.8. The van der Waals surface area contributed by atoms with Gasteiger partial charge < -0.3 is 9.84 Å². The van der Waals surface area contributed by atoms with E-state index < -0.39 is 11.9 Å². The molecule has 0 aliphatic carbocycles. The molecule has 0 heterocycles. The van der Waals surface area contributed by atoms with Crippen LogP contribution in [-0.2, 0) is 4.79 Å². The zero-order valence-corrected chi connectivity index (χ0v) is 11.9. The van der Waals surface area contributed by atoms with E-state index in [4.69, 9.17) is 27.9 Å². The molecule has 20 heavy (non-hydrogen) atoms. The van der Waals surface area contributed by atoms with Gasteiger partial charge in [-0.2, -0.15) is 0 Å². The van der Waals surface area contributed by atoms with Crippen molar-refractivity contribution >= 4 is 29.2 Å². The smallest absolute Gasteiger partial charge is 0.314 e. The Morgan fingerprint density at radius 3 is 2.40 bits per heavy atom. The van der Waals surface area contributed by atoms with Crippen molar-refractivity contribution in [2.75, 3.05) is 6.61 Å². The molecule has 104 valence electrons. The topological polar surface area (TPSA) is 46.5 Å². The average molecular weight is 311 g/mol. The first kappa shape index (κ1) is 14.7. The molecule has 2 aromatic carbocycles. The number of carbonyl (C=O) groups is 1. The van der Waals surface area contributed by atoms with E-state index in [1.54, 1.807) is 42.5 Å². The first-order valence-corrected chi connectivity index (χ1v) is 6.69. The van der Waals surface area contributed by atoms with Gasteiger partial charge in [0.2, 0.25) is 0 Å². The third-order valence-electron chi connectivity index (χ3n) is 2.81. The Morgan fingerprint density at radius 2 is 1.80 bits per heavy atom. The van der Waals surface area contributed by atoms with Gasteiger partial charge in [-0.1, -0.05) is 53.5 Å². The lowest BCUT2D eigenvalue weighted by Gasteiger charge is -2.14. The van der Waals surface area contributed by atoms with E-state index in [0.29, 0.717) is 21.4 Å². The number of carboxylic acid groups (broad SMARTS) is 1. The van der Waals surface area contributed by atoms with Crippen LogP contribution >= 0.6 is 23.2 Å². The van der Waals surface area contributed by atoms with Gasteiger partial charge in [0, 0.05) is 6.07 Å². The highest BCUT2D eigenvalue weighted by Crippen LogP contribution is 2.27. The van der Waals surface area contributed by atoms with Crippen LogP contribution in [0.15, 0.2) is 48.5 Å². The minimum absolute atomic E-state index is 0.0251. The van der Waals surface area contributed by atoms with Gasteiger partial charge in [0.1, 0.15) is 18.3 Å². The highest BCUT2D eigenvalue weighted by atomic mass is 35.5. The molecule has 2 aromatic rings. The van der Waals surface area contributed by atoms with Gasteiger partial charge in [-0.3, -0.25) is 4.79 Å². The van der Waals surface area contributed by atoms with Crippen LogP contribution in [-0.4, -0.2) is 17.7 Å². The van der Waals surface area contributed by atoms with E-state index >= 15 is 0 Å². The summed E-state index contributed by atoms with van der Waals surface area (Å²) in [5.74, 6) is -1.18. The summed E-state index contributed by atoms with van der Waals surface area (Å²) in [6.45, 7) is 0.0251. The van der Waals surface area contributed by atoms with Crippen molar-refractivity contribution in [2.45, 2.75) is 5.92 Å². The fourth-order valence-corrected chi connectivity index (χ4v) is 2.03. The second-order valence-electron chi connectivity index (χ2n) is 4.19. The maximum Gasteiger partial charge on any atom is 0.314 e. The number of hydrogen-bond donors (Lipinski definition) is 1. The molecule has 5 heteroatoms. The molecule has 1 atom stereocenters. The minimum Gasteiger partial charge on any atom is -0.492 e. The van der Waals surface area contributed by atoms with Crippen LogP contribution in [0.1, 0.15) is 11.5 Å². The lowest BCUT2D eigenvalue weighted by atomic mass is 10.0. The molecule has 0 fully saturated rings. The van der Waals surface area contributed by atoms with Gasteiger partial charge >= 0.3 is 5.97 Å². The molecule has 0 bridgehead atoms. The molecule has 1 N–H and O–H groups in total. The number of rotatable bonds is 5. The van der Waals surface area contributed by atoms with E-state index in [1.165, 1.54) is 0 Å². The van der Waals surface area contributed by atoms with E-state index in [9.17, 15) is 9.90 Å². The second-order valence-corrected chi connectivity index (χ2v) is 5.00. The van der Waals surface area contributed by atoms with Crippen molar-refractivity contribution in [3.8, 4) is 5.75 Å². The predicted molar refractivity (Wildman–Crippen MR) is 78.8 cm³/mol. The van der Waals surface area contributed by atoms with Crippen LogP contribution in [0.5, 0.6) is 5.75 Å². The molecule has 3 nitrogen and oxygen atoms in total. The van der Waals surface area contributed by atoms with Crippen molar-refractivity contribution in [1.29, 1.82) is 0 Å². The molecule has 2 rings (SSSR count). The van der Waals surface area contributed by atoms with Gasteiger partial charge in [0.15, 0.2) is 0 Å². The standard InChI is InChI=1S/C15H12Cl2O3/c16-13-7-6-11(8-14(13)17)20-9-12(15(18)19)10-4-2-1-3-5-10/h1-8,12H,9H2,(H,18,19). The number of aliphatic carboxylic acids is 1. The number of carboxylic acids is 1. The van der Waals surface area contributed by atoms with Crippen LogP contribution in [0.3, 0.4) is 0 Å². The third-order valence-corrected chi connectivity index (χ3v) is 3.55. The van der Waals surface area contributed by atoms with Gasteiger partial charge in [0.05, 0.1) is 10.0 Å². The summed E-state index contributed by atoms with van der Waals surface area (Å²) in [7, 11) is 0. The number of benzene rings is 2. The fraction of sp³-hybridized carbons (Fsp3) is 0.133. The summed E-state index contributed by atoms with van der Waals surface area (Å²) in [5, 5.41) is 10.1. The third kappa shape index (κ3) is 3.65. The Kier molecular flexibility index (Phi) is 4.88. The normalized spacial score (nSPS) is 11.9. The summed E-state index contributed by atoms with van der Waals surface area (Å²) >= 11 is 11.7. The predicted octanol–water partition coefficient (Wildman–Crippen LogP) is 4.24. The summed E-state index contributed by atoms with van der Waals surface area (Å²) in [5.41, 5.74) is 0.695. The van der Waals surface area contributed by atoms with Gasteiger partial charge in [0.25, 0.3) is 0 Å². The zero-order valence-electron chi connectivity index (χ0n) is 10.4. The van der Waals surface area contributed by atoms with Gasteiger partial charge in [-0.05, 0) is 17.7 Å². The van der Waals surface area contributed by atoms with E-state index in [0.717, 1.165) is 0 Å². The highest BCUT2D eigenvalue weighted by Gasteiger charge is 2.20. The molecule has 0 aromatic heterocycles. The van der Waals surface area contributed by atoms with Crippen molar-refractivity contribution < 1.29 is 14.6 Å². The summed E-state index contributed by atoms with van der Waals surface area (Å²) < 4.78 is 5.50. The molecular weight excluding hydrogens is 299 g/mol. The number of hydrogen-bond acceptors (Lipinski definition) is 2. The largest absolute Gasteiger partial charge is 0.492 e. The molecule has 0 saturated heterocycles. The molecule has 0 spiro atoms. The second kappa shape index (κ2) is 6.64. The first-order valence-electron chi connectivity index (χ1n) is 5.93. The van der Waals surface area contributed by atoms with E-state index in [-0.39, 0.29) is 6.61 Å². The first-order chi connectivity index (χ1) is 9.58. The fourth-order valence-electron chi connectivity index (χ4n) is 1.74. The lowest BCUT2D eigenvalue weighted by molar-refractivity contribution is -0.139. The monoisotopic (exact) mass is 310 g/mol. The van der Waals surface area contributed by atoms with Crippen molar-refractivity contribution in [1.82, 2.24) is 0 Å². The molecule has 0 aliphatic heterocycles. The maximum atomic E-state index is 11.3. The van der Waals surface area contributed by atoms with Crippen molar-refractivity contribution in [2.24, 2.45) is 0 Å². The van der Waals surface area contributed by atoms with Crippen molar-refractivity contribution in [3.63, 3.8) is 0 Å². The highest BCUT2D eigenvalue weighted by molar-refractivity contribution is 6.42. The van der Waals surface area contributed by atoms with Crippen LogP contribution in [0.4, 0.5) is 0 Å². The zero-order chi connectivity index (χ0) is 14.5. The summed E-state index contributed by atoms with van der Waals surface area (Å²) in [6.07, 6.45) is 0. The Bertz CT molecular complexity index is 599. The SMILES string of the molecule is O=C(O)C(COc1ccc(Cl)c(Cl)c1)c1ccccc1. The minimum atomic E-state index is -0.934. The van der Waals surface area contributed by atoms with Crippen LogP contribution in [0, 0.1) is 0 Å². The molecule has 0 aliphatic rings. The molecule has 0 radical (unpaired) electrons. The Balaban J connectivity index is 2.10. The molecule has 1 unspecified atom stereocenters. The van der Waals surface area contributed by atoms with Crippen LogP contribution < -0.4 is 4.74 Å². The molecule has 0 saturated carbocycles. The lowest BCUT2D eigenvalue weighted by Crippen LogP contribution is -2.19. The van der Waals surface area contributed by atoms with E-state index in [2.05, 4.69) is 0 Å². The van der Waals surface area contributed by atoms with Crippen molar-refractivity contribution in [3.05, 3.63) is 64.1 Å². The average Bonchev–Trinajstić information content (AvgIpc) is 2.44. The van der Waals surface area contributed by atoms with Gasteiger partial charge in [-0.15, -0.1) is 0 Å². The molecular formula is C15H12Cl2O3. The molecule has 0 amide bonds. The van der Waals surface area contributed by atoms with Gasteiger partial charge in [-0.25, -0.2) is 0 Å². The summed E-state index contributed by atoms with van der Waals surface area (Å²) in [4.78, 5) is 11.3. The van der Waals surface area contributed by atoms with Crippen LogP contribution in [0.2, 0.25) is 10.0 Å². The number of ether oxygens (including phenoxy) is 1. The Hall–Kier alpha value is -1.71. The number of halogens is 2.